The van der Waals surface area contributed by atoms with Crippen molar-refractivity contribution >= 4 is 18.5 Å². The minimum absolute atomic E-state index is 0.143. The van der Waals surface area contributed by atoms with Crippen LogP contribution in [-0.4, -0.2) is 28.7 Å². The van der Waals surface area contributed by atoms with Crippen molar-refractivity contribution in [1.29, 1.82) is 0 Å². The number of hydrazone groups is 2. The van der Waals surface area contributed by atoms with Crippen LogP contribution in [0.4, 0.5) is 9.18 Å². The Balaban J connectivity index is 1.68. The summed E-state index contributed by atoms with van der Waals surface area (Å²) in [6.45, 7) is 0.417. The third kappa shape index (κ3) is 5.38. The Morgan fingerprint density at radius 2 is 1.43 bits per heavy atom. The third-order valence-electron chi connectivity index (χ3n) is 3.85. The molecular formula is C21H19FN4O2. The molecule has 0 spiro atoms. The Labute approximate surface area is 162 Å². The second kappa shape index (κ2) is 9.82. The Morgan fingerprint density at radius 1 is 0.857 bits per heavy atom. The molecule has 0 saturated carbocycles. The summed E-state index contributed by atoms with van der Waals surface area (Å²) >= 11 is 0. The smallest absolute Gasteiger partial charge is 0.297 e. The van der Waals surface area contributed by atoms with E-state index in [9.17, 15) is 9.18 Å². The van der Waals surface area contributed by atoms with Crippen molar-refractivity contribution in [1.82, 2.24) is 10.2 Å². The van der Waals surface area contributed by atoms with Crippen LogP contribution in [0.25, 0.3) is 0 Å². The molecule has 2 heterocycles. The first-order chi connectivity index (χ1) is 13.7. The number of halogens is 1. The number of hydrogen-bond donors (Lipinski definition) is 0. The maximum Gasteiger partial charge on any atom is 0.437 e. The van der Waals surface area contributed by atoms with E-state index in [-0.39, 0.29) is 18.9 Å². The van der Waals surface area contributed by atoms with Crippen molar-refractivity contribution in [2.45, 2.75) is 13.1 Å². The van der Waals surface area contributed by atoms with Crippen LogP contribution in [-0.2, 0) is 17.9 Å². The van der Waals surface area contributed by atoms with Gasteiger partial charge in [0, 0.05) is 17.4 Å². The molecule has 6 nitrogen and oxygen atoms in total. The molecule has 3 rings (SSSR count). The van der Waals surface area contributed by atoms with Gasteiger partial charge in [-0.05, 0) is 23.8 Å². The number of allylic oxidation sites excluding steroid dienone is 10. The minimum atomic E-state index is -0.667. The van der Waals surface area contributed by atoms with Crippen molar-refractivity contribution in [3.63, 3.8) is 0 Å². The quantitative estimate of drug-likeness (QED) is 0.734. The highest BCUT2D eigenvalue weighted by molar-refractivity contribution is 5.73. The second-order valence-corrected chi connectivity index (χ2v) is 5.80. The Hall–Kier alpha value is -3.74. The number of carbonyl (C=O) groups is 1. The van der Waals surface area contributed by atoms with Crippen molar-refractivity contribution in [3.05, 3.63) is 95.9 Å². The van der Waals surface area contributed by atoms with E-state index in [0.717, 1.165) is 10.8 Å². The predicted octanol–water partition coefficient (Wildman–Crippen LogP) is 4.26. The van der Waals surface area contributed by atoms with E-state index in [4.69, 9.17) is 4.84 Å². The Morgan fingerprint density at radius 3 is 2.00 bits per heavy atom. The molecule has 0 aliphatic carbocycles. The molecule has 0 atom stereocenters. The molecule has 0 saturated heterocycles. The predicted molar refractivity (Wildman–Crippen MR) is 107 cm³/mol. The van der Waals surface area contributed by atoms with Gasteiger partial charge >= 0.3 is 6.09 Å². The van der Waals surface area contributed by atoms with Gasteiger partial charge in [0.2, 0.25) is 0 Å². The van der Waals surface area contributed by atoms with Gasteiger partial charge in [-0.2, -0.15) is 0 Å². The summed E-state index contributed by atoms with van der Waals surface area (Å²) < 4.78 is 13.9. The summed E-state index contributed by atoms with van der Waals surface area (Å²) in [5.74, 6) is -0.330. The zero-order valence-corrected chi connectivity index (χ0v) is 15.1. The van der Waals surface area contributed by atoms with E-state index >= 15 is 0 Å². The van der Waals surface area contributed by atoms with Gasteiger partial charge in [-0.15, -0.1) is 10.2 Å². The highest BCUT2D eigenvalue weighted by atomic mass is 19.1. The Bertz CT molecular complexity index is 877. The van der Waals surface area contributed by atoms with Crippen molar-refractivity contribution in [3.8, 4) is 0 Å². The fourth-order valence-electron chi connectivity index (χ4n) is 2.52. The van der Waals surface area contributed by atoms with Gasteiger partial charge in [0.15, 0.2) is 0 Å². The van der Waals surface area contributed by atoms with Crippen molar-refractivity contribution < 1.29 is 14.0 Å². The second-order valence-electron chi connectivity index (χ2n) is 5.80. The molecule has 1 aromatic carbocycles. The Kier molecular flexibility index (Phi) is 6.67. The number of rotatable bonds is 1. The molecule has 7 heteroatoms. The average Bonchev–Trinajstić information content (AvgIpc) is 3.12. The van der Waals surface area contributed by atoms with Gasteiger partial charge < -0.3 is 0 Å². The molecule has 0 radical (unpaired) electrons. The molecule has 2 aliphatic rings. The molecule has 0 unspecified atom stereocenters. The lowest BCUT2D eigenvalue weighted by Gasteiger charge is -2.17. The van der Waals surface area contributed by atoms with Crippen LogP contribution in [0.5, 0.6) is 0 Å². The molecule has 28 heavy (non-hydrogen) atoms. The largest absolute Gasteiger partial charge is 0.437 e. The van der Waals surface area contributed by atoms with E-state index in [1.807, 2.05) is 36.5 Å². The number of benzene rings is 1. The zero-order chi connectivity index (χ0) is 19.6. The van der Waals surface area contributed by atoms with E-state index < -0.39 is 6.09 Å². The van der Waals surface area contributed by atoms with Gasteiger partial charge in [-0.3, -0.25) is 9.74 Å². The summed E-state index contributed by atoms with van der Waals surface area (Å²) in [4.78, 5) is 19.0. The van der Waals surface area contributed by atoms with Crippen LogP contribution < -0.4 is 0 Å². The van der Waals surface area contributed by atoms with Crippen LogP contribution in [0.1, 0.15) is 11.1 Å². The normalized spacial score (nSPS) is 24.2. The van der Waals surface area contributed by atoms with Crippen LogP contribution in [0.2, 0.25) is 0 Å². The summed E-state index contributed by atoms with van der Waals surface area (Å²) in [6.07, 6.45) is 20.3. The molecule has 0 bridgehead atoms. The molecule has 1 amide bonds. The lowest BCUT2D eigenvalue weighted by molar-refractivity contribution is -0.110. The van der Waals surface area contributed by atoms with Gasteiger partial charge in [0.25, 0.3) is 0 Å². The third-order valence-corrected chi connectivity index (χ3v) is 3.85. The maximum atomic E-state index is 13.9. The van der Waals surface area contributed by atoms with E-state index in [1.54, 1.807) is 36.4 Å². The monoisotopic (exact) mass is 378 g/mol. The van der Waals surface area contributed by atoms with Gasteiger partial charge in [0.05, 0.1) is 19.0 Å². The number of hydrogen-bond acceptors (Lipinski definition) is 5. The SMILES string of the molecule is O=C(ON1\N=C/C=C\C=C/C=C\C=C/C=C\C=N/1)N1Cc2cccc(F)c2C1. The highest BCUT2D eigenvalue weighted by Crippen LogP contribution is 2.25. The molecular weight excluding hydrogens is 359 g/mol. The lowest BCUT2D eigenvalue weighted by atomic mass is 10.1. The summed E-state index contributed by atoms with van der Waals surface area (Å²) in [6, 6.07) is 4.79. The maximum absolute atomic E-state index is 13.9. The summed E-state index contributed by atoms with van der Waals surface area (Å²) in [7, 11) is 0. The fourth-order valence-corrected chi connectivity index (χ4v) is 2.52. The fraction of sp³-hybridized carbons (Fsp3) is 0.0952. The standard InChI is InChI=1S/C21H19FN4O2/c22-20-13-11-12-18-16-25(17-19(18)20)21(27)28-26-23-14-9-7-5-3-1-2-4-6-8-10-15-24-26/h1-15H,16-17H2/b2-1-,5-3-,6-4-,9-7-,10-8-,23-14-,24-15-. The van der Waals surface area contributed by atoms with E-state index in [0.29, 0.717) is 5.56 Å². The van der Waals surface area contributed by atoms with Crippen LogP contribution in [0.15, 0.2) is 89.2 Å². The summed E-state index contributed by atoms with van der Waals surface area (Å²) in [5.41, 5.74) is 1.26. The number of carbonyl (C=O) groups excluding carboxylic acids is 1. The minimum Gasteiger partial charge on any atom is -0.297 e. The molecule has 0 N–H and O–H groups in total. The molecule has 2 aliphatic heterocycles. The average molecular weight is 378 g/mol. The van der Waals surface area contributed by atoms with Crippen LogP contribution in [0.3, 0.4) is 0 Å². The zero-order valence-electron chi connectivity index (χ0n) is 15.1. The van der Waals surface area contributed by atoms with E-state index in [1.165, 1.54) is 23.4 Å². The van der Waals surface area contributed by atoms with E-state index in [2.05, 4.69) is 10.2 Å². The number of fused-ring (bicyclic) bond motifs is 1. The van der Waals surface area contributed by atoms with Crippen molar-refractivity contribution in [2.24, 2.45) is 10.2 Å². The number of amides is 1. The first-order valence-corrected chi connectivity index (χ1v) is 8.67. The molecule has 0 fully saturated rings. The highest BCUT2D eigenvalue weighted by Gasteiger charge is 2.28. The van der Waals surface area contributed by atoms with Gasteiger partial charge in [0.1, 0.15) is 5.82 Å². The topological polar surface area (TPSA) is 57.5 Å². The molecule has 142 valence electrons. The first kappa shape index (κ1) is 19.0. The molecule has 0 aromatic heterocycles. The summed E-state index contributed by atoms with van der Waals surface area (Å²) in [5, 5.41) is 8.80. The first-order valence-electron chi connectivity index (χ1n) is 8.67. The number of nitrogens with zero attached hydrogens (tertiary/aromatic N) is 4. The van der Waals surface area contributed by atoms with Crippen LogP contribution in [0, 0.1) is 5.82 Å². The van der Waals surface area contributed by atoms with Crippen molar-refractivity contribution in [2.75, 3.05) is 0 Å². The molecule has 1 aromatic rings. The van der Waals surface area contributed by atoms with Gasteiger partial charge in [-0.25, -0.2) is 9.18 Å². The van der Waals surface area contributed by atoms with Gasteiger partial charge in [-0.1, -0.05) is 60.7 Å². The van der Waals surface area contributed by atoms with Crippen LogP contribution >= 0.6 is 0 Å². The lowest BCUT2D eigenvalue weighted by Crippen LogP contribution is -2.30.